The fourth-order valence-electron chi connectivity index (χ4n) is 2.33. The predicted molar refractivity (Wildman–Crippen MR) is 74.3 cm³/mol. The Balaban J connectivity index is 1.94. The highest BCUT2D eigenvalue weighted by Gasteiger charge is 2.31. The summed E-state index contributed by atoms with van der Waals surface area (Å²) in [5, 5.41) is 4.13. The van der Waals surface area contributed by atoms with Crippen molar-refractivity contribution >= 4 is 26.7 Å². The van der Waals surface area contributed by atoms with Crippen molar-refractivity contribution in [2.45, 2.75) is 19.1 Å². The molecule has 0 amide bonds. The first-order valence-corrected chi connectivity index (χ1v) is 7.21. The SMILES string of the molecule is C[C@@H]1CN(c2nc3ccc(C(F)(F)F)cc3s2)CCN1. The summed E-state index contributed by atoms with van der Waals surface area (Å²) in [6.45, 7) is 4.61. The average molecular weight is 301 g/mol. The number of nitrogens with one attached hydrogen (secondary N) is 1. The van der Waals surface area contributed by atoms with Crippen LogP contribution in [0.25, 0.3) is 10.2 Å². The number of halogens is 3. The third-order valence-corrected chi connectivity index (χ3v) is 4.42. The monoisotopic (exact) mass is 301 g/mol. The molecule has 0 bridgehead atoms. The fraction of sp³-hybridized carbons (Fsp3) is 0.462. The van der Waals surface area contributed by atoms with Gasteiger partial charge in [-0.3, -0.25) is 0 Å². The average Bonchev–Trinajstić information content (AvgIpc) is 2.80. The molecule has 20 heavy (non-hydrogen) atoms. The molecule has 1 aliphatic rings. The number of nitrogens with zero attached hydrogens (tertiary/aromatic N) is 2. The van der Waals surface area contributed by atoms with E-state index in [4.69, 9.17) is 0 Å². The van der Waals surface area contributed by atoms with Gasteiger partial charge in [-0.2, -0.15) is 13.2 Å². The number of hydrogen-bond donors (Lipinski definition) is 1. The normalized spacial score (nSPS) is 20.6. The lowest BCUT2D eigenvalue weighted by Crippen LogP contribution is -2.49. The summed E-state index contributed by atoms with van der Waals surface area (Å²) in [6.07, 6.45) is -4.30. The minimum absolute atomic E-state index is 0.362. The molecule has 2 aromatic rings. The van der Waals surface area contributed by atoms with Crippen LogP contribution in [0.5, 0.6) is 0 Å². The Labute approximate surface area is 118 Å². The zero-order valence-corrected chi connectivity index (χ0v) is 11.7. The Morgan fingerprint density at radius 3 is 2.90 bits per heavy atom. The van der Waals surface area contributed by atoms with Crippen LogP contribution in [0.2, 0.25) is 0 Å². The minimum atomic E-state index is -4.30. The molecule has 0 radical (unpaired) electrons. The van der Waals surface area contributed by atoms with E-state index in [9.17, 15) is 13.2 Å². The second-order valence-corrected chi connectivity index (χ2v) is 5.99. The Bertz CT molecular complexity index is 623. The third kappa shape index (κ3) is 2.60. The molecule has 3 nitrogen and oxygen atoms in total. The fourth-order valence-corrected chi connectivity index (χ4v) is 3.37. The van der Waals surface area contributed by atoms with Crippen LogP contribution in [0.15, 0.2) is 18.2 Å². The molecule has 1 N–H and O–H groups in total. The molecule has 0 unspecified atom stereocenters. The van der Waals surface area contributed by atoms with Gasteiger partial charge in [0.1, 0.15) is 0 Å². The maximum absolute atomic E-state index is 12.7. The Morgan fingerprint density at radius 2 is 2.20 bits per heavy atom. The first-order chi connectivity index (χ1) is 9.43. The second kappa shape index (κ2) is 4.89. The number of aromatic nitrogens is 1. The number of fused-ring (bicyclic) bond motifs is 1. The predicted octanol–water partition coefficient (Wildman–Crippen LogP) is 3.11. The van der Waals surface area contributed by atoms with Crippen molar-refractivity contribution in [2.24, 2.45) is 0 Å². The maximum Gasteiger partial charge on any atom is 0.416 e. The van der Waals surface area contributed by atoms with Crippen LogP contribution in [-0.4, -0.2) is 30.7 Å². The van der Waals surface area contributed by atoms with Gasteiger partial charge < -0.3 is 10.2 Å². The topological polar surface area (TPSA) is 28.2 Å². The van der Waals surface area contributed by atoms with E-state index in [1.54, 1.807) is 0 Å². The zero-order chi connectivity index (χ0) is 14.3. The number of thiazole rings is 1. The van der Waals surface area contributed by atoms with Gasteiger partial charge in [-0.1, -0.05) is 11.3 Å². The number of piperazine rings is 1. The molecule has 0 saturated carbocycles. The molecular weight excluding hydrogens is 287 g/mol. The molecule has 0 spiro atoms. The summed E-state index contributed by atoms with van der Waals surface area (Å²) < 4.78 is 38.7. The number of rotatable bonds is 1. The number of anilines is 1. The van der Waals surface area contributed by atoms with Crippen molar-refractivity contribution in [3.05, 3.63) is 23.8 Å². The highest BCUT2D eigenvalue weighted by atomic mass is 32.1. The minimum Gasteiger partial charge on any atom is -0.345 e. The van der Waals surface area contributed by atoms with Gasteiger partial charge in [0.05, 0.1) is 15.8 Å². The Morgan fingerprint density at radius 1 is 1.40 bits per heavy atom. The van der Waals surface area contributed by atoms with Crippen LogP contribution in [-0.2, 0) is 6.18 Å². The van der Waals surface area contributed by atoms with Crippen molar-refractivity contribution < 1.29 is 13.2 Å². The van der Waals surface area contributed by atoms with Crippen LogP contribution in [0, 0.1) is 0 Å². The zero-order valence-electron chi connectivity index (χ0n) is 10.9. The largest absolute Gasteiger partial charge is 0.416 e. The summed E-state index contributed by atoms with van der Waals surface area (Å²) in [4.78, 5) is 6.57. The van der Waals surface area contributed by atoms with Crippen LogP contribution < -0.4 is 10.2 Å². The van der Waals surface area contributed by atoms with E-state index in [0.717, 1.165) is 30.8 Å². The smallest absolute Gasteiger partial charge is 0.345 e. The van der Waals surface area contributed by atoms with E-state index < -0.39 is 11.7 Å². The van der Waals surface area contributed by atoms with Crippen molar-refractivity contribution in [3.63, 3.8) is 0 Å². The lowest BCUT2D eigenvalue weighted by molar-refractivity contribution is -0.137. The van der Waals surface area contributed by atoms with E-state index in [-0.39, 0.29) is 0 Å². The van der Waals surface area contributed by atoms with Crippen LogP contribution in [0.3, 0.4) is 0 Å². The summed E-state index contributed by atoms with van der Waals surface area (Å²) in [6, 6.07) is 4.08. The van der Waals surface area contributed by atoms with Crippen LogP contribution in [0.4, 0.5) is 18.3 Å². The molecule has 1 atom stereocenters. The van der Waals surface area contributed by atoms with Gasteiger partial charge in [-0.15, -0.1) is 0 Å². The van der Waals surface area contributed by atoms with Gasteiger partial charge >= 0.3 is 6.18 Å². The molecule has 0 aliphatic carbocycles. The number of benzene rings is 1. The standard InChI is InChI=1S/C13H14F3N3S/c1-8-7-19(5-4-17-8)12-18-10-3-2-9(13(14,15)16)6-11(10)20-12/h2-3,6,8,17H,4-5,7H2,1H3/t8-/m1/s1. The van der Waals surface area contributed by atoms with Gasteiger partial charge in [0.15, 0.2) is 5.13 Å². The van der Waals surface area contributed by atoms with E-state index in [1.165, 1.54) is 23.5 Å². The van der Waals surface area contributed by atoms with Gasteiger partial charge in [0.25, 0.3) is 0 Å². The molecule has 1 aliphatic heterocycles. The third-order valence-electron chi connectivity index (χ3n) is 3.34. The molecule has 108 valence electrons. The van der Waals surface area contributed by atoms with Gasteiger partial charge in [-0.05, 0) is 25.1 Å². The summed E-state index contributed by atoms with van der Waals surface area (Å²) in [7, 11) is 0. The summed E-state index contributed by atoms with van der Waals surface area (Å²) in [5.74, 6) is 0. The van der Waals surface area contributed by atoms with Crippen LogP contribution >= 0.6 is 11.3 Å². The number of alkyl halides is 3. The van der Waals surface area contributed by atoms with Gasteiger partial charge in [0, 0.05) is 25.7 Å². The molecule has 1 aromatic heterocycles. The maximum atomic E-state index is 12.7. The van der Waals surface area contributed by atoms with E-state index in [0.29, 0.717) is 16.3 Å². The lowest BCUT2D eigenvalue weighted by atomic mass is 10.2. The molecule has 1 fully saturated rings. The number of hydrogen-bond acceptors (Lipinski definition) is 4. The molecule has 3 rings (SSSR count). The Kier molecular flexibility index (Phi) is 3.33. The highest BCUT2D eigenvalue weighted by Crippen LogP contribution is 2.35. The summed E-state index contributed by atoms with van der Waals surface area (Å²) in [5.41, 5.74) is 0.0121. The van der Waals surface area contributed by atoms with Crippen LogP contribution in [0.1, 0.15) is 12.5 Å². The van der Waals surface area contributed by atoms with E-state index >= 15 is 0 Å². The lowest BCUT2D eigenvalue weighted by Gasteiger charge is -2.31. The summed E-state index contributed by atoms with van der Waals surface area (Å²) >= 11 is 1.32. The van der Waals surface area contributed by atoms with Gasteiger partial charge in [0.2, 0.25) is 0 Å². The van der Waals surface area contributed by atoms with Gasteiger partial charge in [-0.25, -0.2) is 4.98 Å². The molecule has 1 saturated heterocycles. The first-order valence-electron chi connectivity index (χ1n) is 6.39. The molecule has 7 heteroatoms. The van der Waals surface area contributed by atoms with E-state index in [1.807, 2.05) is 0 Å². The molecule has 2 heterocycles. The van der Waals surface area contributed by atoms with E-state index in [2.05, 4.69) is 22.1 Å². The first kappa shape index (κ1) is 13.6. The van der Waals surface area contributed by atoms with Crippen molar-refractivity contribution in [3.8, 4) is 0 Å². The van der Waals surface area contributed by atoms with Crippen molar-refractivity contribution in [1.82, 2.24) is 10.3 Å². The Hall–Kier alpha value is -1.34. The quantitative estimate of drug-likeness (QED) is 0.877. The highest BCUT2D eigenvalue weighted by molar-refractivity contribution is 7.22. The second-order valence-electron chi connectivity index (χ2n) is 4.98. The molecule has 1 aromatic carbocycles. The molecular formula is C13H14F3N3S. The van der Waals surface area contributed by atoms with Crippen molar-refractivity contribution in [2.75, 3.05) is 24.5 Å². The van der Waals surface area contributed by atoms with Crippen molar-refractivity contribution in [1.29, 1.82) is 0 Å².